The molecule has 1 aliphatic heterocycles. The Morgan fingerprint density at radius 2 is 1.67 bits per heavy atom. The molecule has 0 unspecified atom stereocenters. The molecule has 21 heavy (non-hydrogen) atoms. The lowest BCUT2D eigenvalue weighted by atomic mass is 10.1. The van der Waals surface area contributed by atoms with Gasteiger partial charge in [0.05, 0.1) is 0 Å². The van der Waals surface area contributed by atoms with Gasteiger partial charge in [-0.05, 0) is 13.5 Å². The predicted octanol–water partition coefficient (Wildman–Crippen LogP) is 1.09. The molecule has 1 heterocycles. The monoisotopic (exact) mass is 309 g/mol. The van der Waals surface area contributed by atoms with Crippen LogP contribution in [0.3, 0.4) is 0 Å². The molecule has 9 heteroatoms. The van der Waals surface area contributed by atoms with E-state index < -0.39 is 23.9 Å². The standard InChI is InChI=1S/C8H10F3NO.C4H4O4/c1-12-4-2-3-6(5-12)7(13)8(9,10)11;5-3(6)1-2-4(7)8/h3H,2,4-5H2,1H3;1-2H,(H,5,6)(H,7,8)/b;2-1+. The van der Waals surface area contributed by atoms with Crippen LogP contribution in [-0.2, 0) is 14.4 Å². The van der Waals surface area contributed by atoms with Gasteiger partial charge in [-0.15, -0.1) is 0 Å². The summed E-state index contributed by atoms with van der Waals surface area (Å²) in [5.74, 6) is -4.22. The number of ketones is 1. The number of carboxylic acids is 2. The molecule has 1 aliphatic rings. The summed E-state index contributed by atoms with van der Waals surface area (Å²) >= 11 is 0. The maximum absolute atomic E-state index is 12.0. The lowest BCUT2D eigenvalue weighted by molar-refractivity contribution is -0.166. The van der Waals surface area contributed by atoms with Gasteiger partial charge in [0.25, 0.3) is 5.78 Å². The van der Waals surface area contributed by atoms with Crippen molar-refractivity contribution < 1.29 is 37.8 Å². The molecule has 0 aromatic rings. The topological polar surface area (TPSA) is 94.9 Å². The largest absolute Gasteiger partial charge is 0.478 e. The third kappa shape index (κ3) is 8.58. The minimum absolute atomic E-state index is 0.0956. The summed E-state index contributed by atoms with van der Waals surface area (Å²) in [7, 11) is 1.69. The van der Waals surface area contributed by atoms with Crippen LogP contribution in [0.15, 0.2) is 23.8 Å². The van der Waals surface area contributed by atoms with Gasteiger partial charge in [-0.1, -0.05) is 6.08 Å². The molecule has 2 N–H and O–H groups in total. The maximum Gasteiger partial charge on any atom is 0.454 e. The van der Waals surface area contributed by atoms with E-state index in [9.17, 15) is 27.6 Å². The Hall–Kier alpha value is -2.16. The van der Waals surface area contributed by atoms with Crippen LogP contribution in [-0.4, -0.2) is 59.1 Å². The van der Waals surface area contributed by atoms with Crippen LogP contribution in [0.5, 0.6) is 0 Å². The number of alkyl halides is 3. The zero-order valence-corrected chi connectivity index (χ0v) is 11.1. The molecule has 6 nitrogen and oxygen atoms in total. The van der Waals surface area contributed by atoms with Gasteiger partial charge in [0.2, 0.25) is 0 Å². The van der Waals surface area contributed by atoms with Crippen molar-refractivity contribution in [3.05, 3.63) is 23.8 Å². The molecular formula is C12H14F3NO5. The SMILES string of the molecule is CN1CCC=C(C(=O)C(F)(F)F)C1.O=C(O)/C=C/C(=O)O. The van der Waals surface area contributed by atoms with Crippen molar-refractivity contribution in [3.63, 3.8) is 0 Å². The van der Waals surface area contributed by atoms with Crippen LogP contribution in [0.25, 0.3) is 0 Å². The number of Topliss-reactive ketones (excluding diaryl/α,β-unsaturated/α-hetero) is 1. The van der Waals surface area contributed by atoms with E-state index in [-0.39, 0.29) is 12.1 Å². The van der Waals surface area contributed by atoms with Crippen molar-refractivity contribution in [3.8, 4) is 0 Å². The van der Waals surface area contributed by atoms with Gasteiger partial charge in [0.1, 0.15) is 0 Å². The van der Waals surface area contributed by atoms with Gasteiger partial charge in [0.15, 0.2) is 0 Å². The minimum atomic E-state index is -4.73. The number of carbonyl (C=O) groups is 3. The van der Waals surface area contributed by atoms with Crippen molar-refractivity contribution in [2.75, 3.05) is 20.1 Å². The van der Waals surface area contributed by atoms with E-state index in [1.807, 2.05) is 0 Å². The first-order chi connectivity index (χ1) is 9.54. The molecule has 118 valence electrons. The Morgan fingerprint density at radius 3 is 2.00 bits per heavy atom. The molecule has 0 aromatic heterocycles. The average molecular weight is 309 g/mol. The first-order valence-electron chi connectivity index (χ1n) is 5.67. The van der Waals surface area contributed by atoms with Crippen LogP contribution in [0.4, 0.5) is 13.2 Å². The summed E-state index contributed by atoms with van der Waals surface area (Å²) in [5.41, 5.74) is -0.138. The molecule has 0 saturated heterocycles. The van der Waals surface area contributed by atoms with E-state index in [1.54, 1.807) is 11.9 Å². The van der Waals surface area contributed by atoms with Gasteiger partial charge >= 0.3 is 18.1 Å². The fourth-order valence-corrected chi connectivity index (χ4v) is 1.38. The van der Waals surface area contributed by atoms with Gasteiger partial charge < -0.3 is 15.1 Å². The van der Waals surface area contributed by atoms with E-state index >= 15 is 0 Å². The van der Waals surface area contributed by atoms with Gasteiger partial charge in [-0.2, -0.15) is 13.2 Å². The lowest BCUT2D eigenvalue weighted by Gasteiger charge is -2.22. The third-order valence-electron chi connectivity index (χ3n) is 2.26. The summed E-state index contributed by atoms with van der Waals surface area (Å²) in [6.45, 7) is 0.799. The van der Waals surface area contributed by atoms with Crippen LogP contribution in [0.2, 0.25) is 0 Å². The molecule has 0 bridgehead atoms. The number of halogens is 3. The first kappa shape index (κ1) is 18.8. The number of hydrogen-bond acceptors (Lipinski definition) is 4. The minimum Gasteiger partial charge on any atom is -0.478 e. The first-order valence-corrected chi connectivity index (χ1v) is 5.67. The lowest BCUT2D eigenvalue weighted by Crippen LogP contribution is -2.34. The second kappa shape index (κ2) is 8.20. The van der Waals surface area contributed by atoms with E-state index in [4.69, 9.17) is 10.2 Å². The quantitative estimate of drug-likeness (QED) is 0.758. The van der Waals surface area contributed by atoms with Crippen molar-refractivity contribution in [1.82, 2.24) is 4.90 Å². The van der Waals surface area contributed by atoms with E-state index in [0.717, 1.165) is 0 Å². The van der Waals surface area contributed by atoms with E-state index in [1.165, 1.54) is 6.08 Å². The number of aliphatic carboxylic acids is 2. The molecule has 0 amide bonds. The Kier molecular flexibility index (Phi) is 7.36. The average Bonchev–Trinajstić information content (AvgIpc) is 2.35. The zero-order chi connectivity index (χ0) is 16.6. The second-order valence-electron chi connectivity index (χ2n) is 4.09. The van der Waals surface area contributed by atoms with Crippen LogP contribution < -0.4 is 0 Å². The fraction of sp³-hybridized carbons (Fsp3) is 0.417. The molecule has 0 aliphatic carbocycles. The summed E-state index contributed by atoms with van der Waals surface area (Å²) in [6.07, 6.45) is -1.74. The normalized spacial score (nSPS) is 15.9. The van der Waals surface area contributed by atoms with Crippen LogP contribution >= 0.6 is 0 Å². The van der Waals surface area contributed by atoms with Crippen molar-refractivity contribution in [1.29, 1.82) is 0 Å². The fourth-order valence-electron chi connectivity index (χ4n) is 1.38. The maximum atomic E-state index is 12.0. The Bertz CT molecular complexity index is 452. The van der Waals surface area contributed by atoms with Crippen LogP contribution in [0.1, 0.15) is 6.42 Å². The van der Waals surface area contributed by atoms with Gasteiger partial charge in [-0.25, -0.2) is 9.59 Å². The highest BCUT2D eigenvalue weighted by atomic mass is 19.4. The summed E-state index contributed by atoms with van der Waals surface area (Å²) in [6, 6.07) is 0. The molecule has 0 atom stereocenters. The second-order valence-corrected chi connectivity index (χ2v) is 4.09. The molecule has 0 saturated carbocycles. The highest BCUT2D eigenvalue weighted by molar-refractivity contribution is 6.00. The number of carboxylic acid groups (broad SMARTS) is 2. The van der Waals surface area contributed by atoms with Crippen molar-refractivity contribution in [2.45, 2.75) is 12.6 Å². The molecule has 0 spiro atoms. The zero-order valence-electron chi connectivity index (χ0n) is 11.1. The molecule has 0 fully saturated rings. The predicted molar refractivity (Wildman–Crippen MR) is 65.7 cm³/mol. The van der Waals surface area contributed by atoms with Gasteiger partial charge in [-0.3, -0.25) is 4.79 Å². The van der Waals surface area contributed by atoms with Crippen LogP contribution in [0, 0.1) is 0 Å². The summed E-state index contributed by atoms with van der Waals surface area (Å²) < 4.78 is 35.9. The van der Waals surface area contributed by atoms with Crippen molar-refractivity contribution >= 4 is 17.7 Å². The number of carbonyl (C=O) groups excluding carboxylic acids is 1. The van der Waals surface area contributed by atoms with Gasteiger partial charge in [0, 0.05) is 30.8 Å². The Morgan fingerprint density at radius 1 is 1.19 bits per heavy atom. The Labute approximate surface area is 118 Å². The van der Waals surface area contributed by atoms with E-state index in [0.29, 0.717) is 25.1 Å². The molecule has 1 rings (SSSR count). The third-order valence-corrected chi connectivity index (χ3v) is 2.26. The number of hydrogen-bond donors (Lipinski definition) is 2. The number of nitrogens with zero attached hydrogens (tertiary/aromatic N) is 1. The number of rotatable bonds is 3. The molecular weight excluding hydrogens is 295 g/mol. The Balaban J connectivity index is 0.000000433. The summed E-state index contributed by atoms with van der Waals surface area (Å²) in [5, 5.41) is 15.6. The molecule has 0 radical (unpaired) electrons. The van der Waals surface area contributed by atoms with E-state index in [2.05, 4.69) is 0 Å². The number of likely N-dealkylation sites (N-methyl/N-ethyl adjacent to an activating group) is 1. The highest BCUT2D eigenvalue weighted by Gasteiger charge is 2.40. The highest BCUT2D eigenvalue weighted by Crippen LogP contribution is 2.22. The van der Waals surface area contributed by atoms with Crippen molar-refractivity contribution in [2.24, 2.45) is 0 Å². The summed E-state index contributed by atoms with van der Waals surface area (Å²) in [4.78, 5) is 31.5. The smallest absolute Gasteiger partial charge is 0.454 e. The molecule has 0 aromatic carbocycles.